The number of nitrogens with zero attached hydrogens (tertiary/aromatic N) is 1. The van der Waals surface area contributed by atoms with E-state index in [4.69, 9.17) is 0 Å². The third-order valence-electron chi connectivity index (χ3n) is 2.50. The summed E-state index contributed by atoms with van der Waals surface area (Å²) in [5.41, 5.74) is 0.871. The van der Waals surface area contributed by atoms with Gasteiger partial charge in [-0.25, -0.2) is 0 Å². The highest BCUT2D eigenvalue weighted by atomic mass is 16.2. The Labute approximate surface area is 94.4 Å². The highest BCUT2D eigenvalue weighted by molar-refractivity contribution is 5.92. The van der Waals surface area contributed by atoms with Gasteiger partial charge in [0.25, 0.3) is 0 Å². The summed E-state index contributed by atoms with van der Waals surface area (Å²) in [4.78, 5) is 13.1. The Morgan fingerprint density at radius 1 is 1.13 bits per heavy atom. The van der Waals surface area contributed by atoms with Gasteiger partial charge in [-0.3, -0.25) is 4.79 Å². The molecule has 2 nitrogen and oxygen atoms in total. The summed E-state index contributed by atoms with van der Waals surface area (Å²) < 4.78 is 0. The van der Waals surface area contributed by atoms with E-state index < -0.39 is 0 Å². The Bertz CT molecular complexity index is 207. The van der Waals surface area contributed by atoms with Crippen LogP contribution in [0, 0.1) is 0 Å². The summed E-state index contributed by atoms with van der Waals surface area (Å²) in [5, 5.41) is 0. The largest absolute Gasteiger partial charge is 0.345 e. The molecule has 0 radical (unpaired) electrons. The van der Waals surface area contributed by atoms with Crippen molar-refractivity contribution >= 4 is 5.91 Å². The van der Waals surface area contributed by atoms with E-state index in [0.29, 0.717) is 0 Å². The van der Waals surface area contributed by atoms with E-state index in [2.05, 4.69) is 13.0 Å². The molecule has 2 heteroatoms. The van der Waals surface area contributed by atoms with Crippen LogP contribution in [0.4, 0.5) is 0 Å². The van der Waals surface area contributed by atoms with Crippen molar-refractivity contribution < 1.29 is 4.79 Å². The normalized spacial score (nSPS) is 11.6. The summed E-state index contributed by atoms with van der Waals surface area (Å²) in [7, 11) is 3.59. The van der Waals surface area contributed by atoms with Gasteiger partial charge in [0.05, 0.1) is 0 Å². The topological polar surface area (TPSA) is 20.3 Å². The van der Waals surface area contributed by atoms with Crippen LogP contribution < -0.4 is 0 Å². The second-order valence-corrected chi connectivity index (χ2v) is 4.29. The van der Waals surface area contributed by atoms with E-state index in [1.54, 1.807) is 19.0 Å². The average Bonchev–Trinajstić information content (AvgIpc) is 2.21. The summed E-state index contributed by atoms with van der Waals surface area (Å²) in [6, 6.07) is 0. The molecule has 15 heavy (non-hydrogen) atoms. The van der Waals surface area contributed by atoms with Crippen LogP contribution in [-0.4, -0.2) is 24.9 Å². The summed E-state index contributed by atoms with van der Waals surface area (Å²) in [6.45, 7) is 4.12. The zero-order chi connectivity index (χ0) is 11.7. The minimum Gasteiger partial charge on any atom is -0.345 e. The molecule has 0 saturated heterocycles. The summed E-state index contributed by atoms with van der Waals surface area (Å²) >= 11 is 0. The quantitative estimate of drug-likeness (QED) is 0.467. The molecule has 0 unspecified atom stereocenters. The van der Waals surface area contributed by atoms with Gasteiger partial charge in [0.15, 0.2) is 0 Å². The molecule has 0 N–H and O–H groups in total. The van der Waals surface area contributed by atoms with Crippen LogP contribution in [0.2, 0.25) is 0 Å². The second kappa shape index (κ2) is 8.51. The maximum Gasteiger partial charge on any atom is 0.248 e. The van der Waals surface area contributed by atoms with Crippen LogP contribution in [0.1, 0.15) is 52.4 Å². The Morgan fingerprint density at radius 3 is 2.27 bits per heavy atom. The number of unbranched alkanes of at least 4 members (excludes halogenated alkanes) is 5. The van der Waals surface area contributed by atoms with Crippen molar-refractivity contribution in [3.8, 4) is 0 Å². The first-order chi connectivity index (χ1) is 7.09. The van der Waals surface area contributed by atoms with Gasteiger partial charge in [-0.15, -0.1) is 0 Å². The molecular formula is C13H25NO. The lowest BCUT2D eigenvalue weighted by molar-refractivity contribution is -0.124. The Morgan fingerprint density at radius 2 is 1.73 bits per heavy atom. The van der Waals surface area contributed by atoms with E-state index in [-0.39, 0.29) is 5.91 Å². The second-order valence-electron chi connectivity index (χ2n) is 4.29. The van der Waals surface area contributed by atoms with Gasteiger partial charge in [-0.05, 0) is 19.8 Å². The van der Waals surface area contributed by atoms with Gasteiger partial charge in [-0.2, -0.15) is 0 Å². The lowest BCUT2D eigenvalue weighted by Crippen LogP contribution is -2.22. The average molecular weight is 211 g/mol. The molecule has 0 aromatic heterocycles. The van der Waals surface area contributed by atoms with Crippen LogP contribution in [-0.2, 0) is 4.79 Å². The first-order valence-corrected chi connectivity index (χ1v) is 5.98. The van der Waals surface area contributed by atoms with E-state index in [1.807, 2.05) is 6.92 Å². The van der Waals surface area contributed by atoms with Gasteiger partial charge in [0, 0.05) is 19.7 Å². The minimum absolute atomic E-state index is 0.128. The van der Waals surface area contributed by atoms with Crippen LogP contribution >= 0.6 is 0 Å². The number of allylic oxidation sites excluding steroid dienone is 1. The van der Waals surface area contributed by atoms with Crippen molar-refractivity contribution in [2.45, 2.75) is 52.4 Å². The number of carbonyl (C=O) groups excluding carboxylic acids is 1. The van der Waals surface area contributed by atoms with Gasteiger partial charge < -0.3 is 4.90 Å². The molecule has 1 amide bonds. The standard InChI is InChI=1S/C13H25NO/c1-5-6-7-8-9-10-11-12(2)13(15)14(3)4/h11H,5-10H2,1-4H3. The molecular weight excluding hydrogens is 186 g/mol. The van der Waals surface area contributed by atoms with E-state index in [9.17, 15) is 4.79 Å². The van der Waals surface area contributed by atoms with E-state index >= 15 is 0 Å². The number of hydrogen-bond donors (Lipinski definition) is 0. The maximum absolute atomic E-state index is 11.5. The van der Waals surface area contributed by atoms with Crippen molar-refractivity contribution in [2.24, 2.45) is 0 Å². The number of amides is 1. The van der Waals surface area contributed by atoms with Crippen LogP contribution in [0.15, 0.2) is 11.6 Å². The molecule has 0 aliphatic heterocycles. The number of likely N-dealkylation sites (N-methyl/N-ethyl adjacent to an activating group) is 1. The van der Waals surface area contributed by atoms with Crippen molar-refractivity contribution in [3.63, 3.8) is 0 Å². The van der Waals surface area contributed by atoms with E-state index in [1.165, 1.54) is 32.1 Å². The van der Waals surface area contributed by atoms with Crippen molar-refractivity contribution in [3.05, 3.63) is 11.6 Å². The first-order valence-electron chi connectivity index (χ1n) is 5.98. The Kier molecular flexibility index (Phi) is 8.06. The molecule has 0 heterocycles. The van der Waals surface area contributed by atoms with Gasteiger partial charge in [-0.1, -0.05) is 38.7 Å². The fourth-order valence-corrected chi connectivity index (χ4v) is 1.51. The first kappa shape index (κ1) is 14.2. The smallest absolute Gasteiger partial charge is 0.248 e. The van der Waals surface area contributed by atoms with Crippen LogP contribution in [0.3, 0.4) is 0 Å². The van der Waals surface area contributed by atoms with E-state index in [0.717, 1.165) is 12.0 Å². The van der Waals surface area contributed by atoms with Crippen molar-refractivity contribution in [2.75, 3.05) is 14.1 Å². The highest BCUT2D eigenvalue weighted by Crippen LogP contribution is 2.07. The monoisotopic (exact) mass is 211 g/mol. The highest BCUT2D eigenvalue weighted by Gasteiger charge is 2.04. The predicted octanol–water partition coefficient (Wildman–Crippen LogP) is 3.38. The SMILES string of the molecule is CCCCCCCC=C(C)C(=O)N(C)C. The molecule has 0 bridgehead atoms. The summed E-state index contributed by atoms with van der Waals surface area (Å²) in [5.74, 6) is 0.128. The van der Waals surface area contributed by atoms with Gasteiger partial charge in [0.1, 0.15) is 0 Å². The molecule has 0 aromatic carbocycles. The molecule has 0 aromatic rings. The molecule has 88 valence electrons. The van der Waals surface area contributed by atoms with Crippen molar-refractivity contribution in [1.29, 1.82) is 0 Å². The fraction of sp³-hybridized carbons (Fsp3) is 0.769. The minimum atomic E-state index is 0.128. The molecule has 0 aliphatic rings. The predicted molar refractivity (Wildman–Crippen MR) is 65.8 cm³/mol. The molecule has 0 rings (SSSR count). The van der Waals surface area contributed by atoms with Gasteiger partial charge in [0.2, 0.25) is 5.91 Å². The number of rotatable bonds is 7. The number of carbonyl (C=O) groups is 1. The lowest BCUT2D eigenvalue weighted by atomic mass is 10.1. The Balaban J connectivity index is 3.63. The van der Waals surface area contributed by atoms with Crippen LogP contribution in [0.5, 0.6) is 0 Å². The zero-order valence-electron chi connectivity index (χ0n) is 10.7. The molecule has 0 spiro atoms. The maximum atomic E-state index is 11.5. The molecule has 0 aliphatic carbocycles. The van der Waals surface area contributed by atoms with Crippen molar-refractivity contribution in [1.82, 2.24) is 4.90 Å². The molecule has 0 fully saturated rings. The third-order valence-corrected chi connectivity index (χ3v) is 2.50. The summed E-state index contributed by atoms with van der Waals surface area (Å²) in [6.07, 6.45) is 9.54. The molecule has 0 atom stereocenters. The van der Waals surface area contributed by atoms with Crippen LogP contribution in [0.25, 0.3) is 0 Å². The Hall–Kier alpha value is -0.790. The fourth-order valence-electron chi connectivity index (χ4n) is 1.51. The third kappa shape index (κ3) is 7.18. The zero-order valence-corrected chi connectivity index (χ0v) is 10.7. The molecule has 0 saturated carbocycles. The van der Waals surface area contributed by atoms with Gasteiger partial charge >= 0.3 is 0 Å². The lowest BCUT2D eigenvalue weighted by Gasteiger charge is -2.09. The number of hydrogen-bond acceptors (Lipinski definition) is 1.